The highest BCUT2D eigenvalue weighted by molar-refractivity contribution is 6.42. The largest absolute Gasteiger partial charge is 0.411 e. The average Bonchev–Trinajstić information content (AvgIpc) is 3.03. The predicted molar refractivity (Wildman–Crippen MR) is 83.6 cm³/mol. The molecule has 22 heavy (non-hydrogen) atoms. The lowest BCUT2D eigenvalue weighted by Gasteiger charge is -2.18. The Hall–Kier alpha value is -2.41. The molecule has 0 aliphatic carbocycles. The molecule has 8 heteroatoms. The highest BCUT2D eigenvalue weighted by Gasteiger charge is 2.23. The minimum absolute atomic E-state index is 0.349. The summed E-state index contributed by atoms with van der Waals surface area (Å²) in [5.74, 6) is 0. The monoisotopic (exact) mass is 321 g/mol. The first kappa shape index (κ1) is 16.0. The normalized spacial score (nSPS) is 14.0. The molecule has 2 rings (SSSR count). The second-order valence-electron chi connectivity index (χ2n) is 4.57. The molecule has 1 atom stereocenters. The van der Waals surface area contributed by atoms with Crippen LogP contribution in [0.4, 0.5) is 0 Å². The van der Waals surface area contributed by atoms with Crippen LogP contribution >= 0.6 is 11.6 Å². The molecule has 0 radical (unpaired) electrons. The molecule has 0 saturated heterocycles. The fraction of sp³-hybridized carbons (Fsp3) is 0.286. The van der Waals surface area contributed by atoms with E-state index in [9.17, 15) is 5.21 Å². The summed E-state index contributed by atoms with van der Waals surface area (Å²) in [7, 11) is 1.43. The maximum absolute atomic E-state index is 9.38. The van der Waals surface area contributed by atoms with E-state index in [1.54, 1.807) is 30.1 Å². The van der Waals surface area contributed by atoms with Crippen LogP contribution in [0, 0.1) is 0 Å². The Morgan fingerprint density at radius 2 is 2.14 bits per heavy atom. The van der Waals surface area contributed by atoms with Crippen molar-refractivity contribution in [2.45, 2.75) is 19.4 Å². The Morgan fingerprint density at radius 3 is 2.68 bits per heavy atom. The molecule has 1 aromatic carbocycles. The highest BCUT2D eigenvalue weighted by atomic mass is 35.5. The number of benzene rings is 1. The fourth-order valence-electron chi connectivity index (χ4n) is 2.10. The van der Waals surface area contributed by atoms with Crippen LogP contribution in [0.25, 0.3) is 0 Å². The van der Waals surface area contributed by atoms with Crippen molar-refractivity contribution >= 4 is 23.0 Å². The molecule has 0 saturated carbocycles. The van der Waals surface area contributed by atoms with Gasteiger partial charge in [0.1, 0.15) is 37.2 Å². The zero-order chi connectivity index (χ0) is 15.9. The zero-order valence-electron chi connectivity index (χ0n) is 12.2. The van der Waals surface area contributed by atoms with Gasteiger partial charge in [0, 0.05) is 11.4 Å². The molecule has 0 aliphatic rings. The summed E-state index contributed by atoms with van der Waals surface area (Å²) in [4.78, 5) is 8.70. The Labute approximate surface area is 132 Å². The Bertz CT molecular complexity index is 652. The lowest BCUT2D eigenvalue weighted by Crippen LogP contribution is -2.28. The van der Waals surface area contributed by atoms with Gasteiger partial charge in [-0.3, -0.25) is 0 Å². The van der Waals surface area contributed by atoms with Crippen LogP contribution < -0.4 is 0 Å². The third kappa shape index (κ3) is 3.82. The lowest BCUT2D eigenvalue weighted by atomic mass is 9.99. The first-order valence-electron chi connectivity index (χ1n) is 6.54. The molecule has 0 amide bonds. The van der Waals surface area contributed by atoms with Gasteiger partial charge < -0.3 is 10.0 Å². The first-order valence-corrected chi connectivity index (χ1v) is 6.92. The van der Waals surface area contributed by atoms with Gasteiger partial charge in [0.15, 0.2) is 0 Å². The molecule has 1 N–H and O–H groups in total. The Morgan fingerprint density at radius 1 is 1.41 bits per heavy atom. The number of hydrogen-bond acceptors (Lipinski definition) is 6. The van der Waals surface area contributed by atoms with E-state index in [4.69, 9.17) is 16.4 Å². The number of rotatable bonds is 6. The van der Waals surface area contributed by atoms with Crippen LogP contribution in [0.2, 0.25) is 5.02 Å². The van der Waals surface area contributed by atoms with E-state index in [-0.39, 0.29) is 6.04 Å². The standard InChI is InChI=1S/C14H16ClN5O2/c1-10(19-22-2)14(18-21)13(20-9-16-8-17-20)7-11-3-5-12(15)6-4-11/h3-6,8-9,13,21H,7H2,1-2H3. The highest BCUT2D eigenvalue weighted by Crippen LogP contribution is 2.18. The van der Waals surface area contributed by atoms with Crippen molar-refractivity contribution < 1.29 is 10.0 Å². The third-order valence-electron chi connectivity index (χ3n) is 3.12. The minimum atomic E-state index is -0.368. The summed E-state index contributed by atoms with van der Waals surface area (Å²) in [6.45, 7) is 1.70. The van der Waals surface area contributed by atoms with E-state index >= 15 is 0 Å². The molecule has 0 fully saturated rings. The van der Waals surface area contributed by atoms with E-state index in [0.29, 0.717) is 22.9 Å². The van der Waals surface area contributed by atoms with Crippen LogP contribution in [0.3, 0.4) is 0 Å². The van der Waals surface area contributed by atoms with Gasteiger partial charge in [0.2, 0.25) is 0 Å². The average molecular weight is 322 g/mol. The summed E-state index contributed by atoms with van der Waals surface area (Å²) in [6.07, 6.45) is 3.52. The molecule has 2 aromatic rings. The Balaban J connectivity index is 2.35. The number of nitrogens with zero attached hydrogens (tertiary/aromatic N) is 5. The summed E-state index contributed by atoms with van der Waals surface area (Å²) >= 11 is 5.90. The summed E-state index contributed by atoms with van der Waals surface area (Å²) in [6, 6.07) is 7.06. The molecule has 7 nitrogen and oxygen atoms in total. The van der Waals surface area contributed by atoms with Gasteiger partial charge in [-0.2, -0.15) is 5.10 Å². The molecule has 0 spiro atoms. The van der Waals surface area contributed by atoms with E-state index in [1.165, 1.54) is 13.4 Å². The summed E-state index contributed by atoms with van der Waals surface area (Å²) in [5, 5.41) is 21.4. The van der Waals surface area contributed by atoms with Crippen molar-refractivity contribution in [3.05, 3.63) is 47.5 Å². The molecule has 1 heterocycles. The number of halogens is 1. The molecular formula is C14H16ClN5O2. The molecule has 116 valence electrons. The van der Waals surface area contributed by atoms with Gasteiger partial charge >= 0.3 is 0 Å². The Kier molecular flexibility index (Phi) is 5.48. The number of aromatic nitrogens is 3. The second kappa shape index (κ2) is 7.56. The van der Waals surface area contributed by atoms with Crippen molar-refractivity contribution in [2.24, 2.45) is 10.3 Å². The second-order valence-corrected chi connectivity index (χ2v) is 5.00. The lowest BCUT2D eigenvalue weighted by molar-refractivity contribution is 0.213. The van der Waals surface area contributed by atoms with Crippen molar-refractivity contribution in [3.8, 4) is 0 Å². The summed E-state index contributed by atoms with van der Waals surface area (Å²) < 4.78 is 1.61. The quantitative estimate of drug-likeness (QED) is 0.503. The van der Waals surface area contributed by atoms with Gasteiger partial charge in [-0.05, 0) is 24.6 Å². The maximum atomic E-state index is 9.38. The zero-order valence-corrected chi connectivity index (χ0v) is 13.0. The van der Waals surface area contributed by atoms with E-state index in [1.807, 2.05) is 12.1 Å². The van der Waals surface area contributed by atoms with Crippen molar-refractivity contribution in [3.63, 3.8) is 0 Å². The van der Waals surface area contributed by atoms with E-state index < -0.39 is 0 Å². The molecule has 1 unspecified atom stereocenters. The van der Waals surface area contributed by atoms with Gasteiger partial charge in [-0.15, -0.1) is 0 Å². The van der Waals surface area contributed by atoms with Crippen molar-refractivity contribution in [2.75, 3.05) is 7.11 Å². The van der Waals surface area contributed by atoms with Gasteiger partial charge in [0.05, 0.1) is 0 Å². The van der Waals surface area contributed by atoms with Gasteiger partial charge in [-0.25, -0.2) is 9.67 Å². The predicted octanol–water partition coefficient (Wildman–Crippen LogP) is 2.57. The van der Waals surface area contributed by atoms with Crippen molar-refractivity contribution in [1.29, 1.82) is 0 Å². The summed E-state index contributed by atoms with van der Waals surface area (Å²) in [5.41, 5.74) is 1.82. The smallest absolute Gasteiger partial charge is 0.137 e. The maximum Gasteiger partial charge on any atom is 0.137 e. The van der Waals surface area contributed by atoms with E-state index in [0.717, 1.165) is 5.56 Å². The van der Waals surface area contributed by atoms with E-state index in [2.05, 4.69) is 20.4 Å². The third-order valence-corrected chi connectivity index (χ3v) is 3.37. The van der Waals surface area contributed by atoms with Crippen LogP contribution in [-0.4, -0.2) is 38.5 Å². The fourth-order valence-corrected chi connectivity index (χ4v) is 2.23. The van der Waals surface area contributed by atoms with Crippen molar-refractivity contribution in [1.82, 2.24) is 14.8 Å². The SMILES string of the molecule is CON=C(C)C(=NO)C(Cc1ccc(Cl)cc1)n1cncn1. The van der Waals surface area contributed by atoms with Crippen LogP contribution in [0.1, 0.15) is 18.5 Å². The van der Waals surface area contributed by atoms with Gasteiger partial charge in [0.25, 0.3) is 0 Å². The molecule has 0 bridgehead atoms. The van der Waals surface area contributed by atoms with Crippen LogP contribution in [0.5, 0.6) is 0 Å². The number of oxime groups is 2. The van der Waals surface area contributed by atoms with Crippen LogP contribution in [0.15, 0.2) is 47.2 Å². The minimum Gasteiger partial charge on any atom is -0.411 e. The van der Waals surface area contributed by atoms with Gasteiger partial charge in [-0.1, -0.05) is 34.0 Å². The molecule has 1 aromatic heterocycles. The molecular weight excluding hydrogens is 306 g/mol. The first-order chi connectivity index (χ1) is 10.7. The molecule has 0 aliphatic heterocycles. The topological polar surface area (TPSA) is 84.9 Å². The number of hydrogen-bond donors (Lipinski definition) is 1. The van der Waals surface area contributed by atoms with Crippen LogP contribution in [-0.2, 0) is 11.3 Å².